The number of hydrogen-bond acceptors (Lipinski definition) is 3. The van der Waals surface area contributed by atoms with E-state index in [0.717, 1.165) is 6.08 Å². The van der Waals surface area contributed by atoms with Gasteiger partial charge in [-0.1, -0.05) is 48.5 Å². The summed E-state index contributed by atoms with van der Waals surface area (Å²) in [4.78, 5) is -0.155. The molecule has 1 atom stereocenters. The zero-order chi connectivity index (χ0) is 15.8. The molecule has 0 aliphatic heterocycles. The molecular weight excluding hydrogens is 310 g/mol. The molecule has 0 radical (unpaired) electrons. The summed E-state index contributed by atoms with van der Waals surface area (Å²) in [5.41, 5.74) is 0.107. The maximum atomic E-state index is 14.5. The molecule has 0 amide bonds. The number of fused-ring (bicyclic) bond motifs is 1. The molecule has 0 aromatic heterocycles. The summed E-state index contributed by atoms with van der Waals surface area (Å²) in [6.45, 7) is 0. The van der Waals surface area contributed by atoms with E-state index in [1.54, 1.807) is 18.2 Å². The third-order valence-corrected chi connectivity index (χ3v) is 4.70. The first-order valence-corrected chi connectivity index (χ1v) is 7.96. The molecule has 0 heterocycles. The van der Waals surface area contributed by atoms with Gasteiger partial charge in [-0.2, -0.15) is 17.2 Å². The Morgan fingerprint density at radius 2 is 1.59 bits per heavy atom. The van der Waals surface area contributed by atoms with Crippen molar-refractivity contribution < 1.29 is 21.4 Å². The van der Waals surface area contributed by atoms with Gasteiger partial charge < -0.3 is 0 Å². The zero-order valence-corrected chi connectivity index (χ0v) is 12.1. The Morgan fingerprint density at radius 3 is 2.32 bits per heavy atom. The van der Waals surface area contributed by atoms with Crippen LogP contribution in [0, 0.1) is 0 Å². The topological polar surface area (TPSA) is 43.4 Å². The molecule has 0 N–H and O–H groups in total. The summed E-state index contributed by atoms with van der Waals surface area (Å²) >= 11 is 0. The van der Waals surface area contributed by atoms with E-state index in [0.29, 0.717) is 5.56 Å². The highest BCUT2D eigenvalue weighted by Crippen LogP contribution is 2.41. The highest BCUT2D eigenvalue weighted by molar-refractivity contribution is 7.86. The van der Waals surface area contributed by atoms with Crippen molar-refractivity contribution in [2.75, 3.05) is 0 Å². The predicted molar refractivity (Wildman–Crippen MR) is 77.9 cm³/mol. The van der Waals surface area contributed by atoms with Crippen molar-refractivity contribution in [1.82, 2.24) is 0 Å². The smallest absolute Gasteiger partial charge is 0.252 e. The fourth-order valence-electron chi connectivity index (χ4n) is 2.28. The van der Waals surface area contributed by atoms with Crippen molar-refractivity contribution in [2.24, 2.45) is 0 Å². The standard InChI is InChI=1S/C16H12F2O3S/c17-16(18)14-9-5-4-6-12(14)10-11-15(16)21-22(19,20)13-7-2-1-3-8-13/h1-11,15H. The molecule has 0 bridgehead atoms. The third kappa shape index (κ3) is 2.55. The Hall–Kier alpha value is -2.05. The fraction of sp³-hybridized carbons (Fsp3) is 0.125. The predicted octanol–water partition coefficient (Wildman–Crippen LogP) is 3.58. The average Bonchev–Trinajstić information content (AvgIpc) is 2.51. The van der Waals surface area contributed by atoms with Gasteiger partial charge in [0.15, 0.2) is 6.10 Å². The van der Waals surface area contributed by atoms with Crippen LogP contribution in [0.4, 0.5) is 8.78 Å². The van der Waals surface area contributed by atoms with Crippen LogP contribution in [0.15, 0.2) is 65.6 Å². The monoisotopic (exact) mass is 322 g/mol. The molecule has 2 aromatic carbocycles. The van der Waals surface area contributed by atoms with E-state index in [1.165, 1.54) is 42.5 Å². The van der Waals surface area contributed by atoms with Crippen molar-refractivity contribution in [3.8, 4) is 0 Å². The molecule has 2 aromatic rings. The van der Waals surface area contributed by atoms with Gasteiger partial charge in [-0.25, -0.2) is 0 Å². The first-order chi connectivity index (χ1) is 10.4. The first kappa shape index (κ1) is 14.9. The maximum absolute atomic E-state index is 14.5. The van der Waals surface area contributed by atoms with Gasteiger partial charge in [-0.15, -0.1) is 0 Å². The number of benzene rings is 2. The summed E-state index contributed by atoms with van der Waals surface area (Å²) in [6, 6.07) is 13.2. The SMILES string of the molecule is O=S(=O)(OC1C=Cc2ccccc2C1(F)F)c1ccccc1. The van der Waals surface area contributed by atoms with Gasteiger partial charge in [0.2, 0.25) is 0 Å². The van der Waals surface area contributed by atoms with Gasteiger partial charge in [-0.3, -0.25) is 4.18 Å². The van der Waals surface area contributed by atoms with Gasteiger partial charge in [0, 0.05) is 5.56 Å². The fourth-order valence-corrected chi connectivity index (χ4v) is 3.34. The largest absolute Gasteiger partial charge is 0.304 e. The minimum absolute atomic E-state index is 0.155. The lowest BCUT2D eigenvalue weighted by Gasteiger charge is -2.28. The van der Waals surface area contributed by atoms with Crippen LogP contribution < -0.4 is 0 Å². The zero-order valence-electron chi connectivity index (χ0n) is 11.3. The lowest BCUT2D eigenvalue weighted by atomic mass is 9.92. The molecule has 0 saturated carbocycles. The van der Waals surface area contributed by atoms with E-state index >= 15 is 0 Å². The van der Waals surface area contributed by atoms with Gasteiger partial charge in [0.05, 0.1) is 4.90 Å². The van der Waals surface area contributed by atoms with Crippen LogP contribution in [0.1, 0.15) is 11.1 Å². The van der Waals surface area contributed by atoms with Crippen molar-refractivity contribution in [2.45, 2.75) is 16.9 Å². The first-order valence-electron chi connectivity index (χ1n) is 6.55. The molecule has 1 aliphatic rings. The number of hydrogen-bond donors (Lipinski definition) is 0. The van der Waals surface area contributed by atoms with Gasteiger partial charge >= 0.3 is 5.92 Å². The maximum Gasteiger partial charge on any atom is 0.304 e. The van der Waals surface area contributed by atoms with Crippen LogP contribution in [-0.4, -0.2) is 14.5 Å². The molecule has 1 aliphatic carbocycles. The van der Waals surface area contributed by atoms with E-state index in [4.69, 9.17) is 4.18 Å². The molecular formula is C16H12F2O3S. The van der Waals surface area contributed by atoms with E-state index < -0.39 is 22.1 Å². The minimum atomic E-state index is -4.26. The van der Waals surface area contributed by atoms with Crippen LogP contribution in [-0.2, 0) is 20.2 Å². The second-order valence-electron chi connectivity index (χ2n) is 4.85. The molecule has 0 fully saturated rings. The molecule has 3 rings (SSSR count). The molecule has 0 spiro atoms. The molecule has 0 saturated heterocycles. The Labute approximate surface area is 127 Å². The van der Waals surface area contributed by atoms with Gasteiger partial charge in [0.25, 0.3) is 10.1 Å². The lowest BCUT2D eigenvalue weighted by molar-refractivity contribution is -0.0811. The number of rotatable bonds is 3. The Morgan fingerprint density at radius 1 is 0.955 bits per heavy atom. The minimum Gasteiger partial charge on any atom is -0.252 e. The van der Waals surface area contributed by atoms with E-state index in [2.05, 4.69) is 0 Å². The van der Waals surface area contributed by atoms with Crippen molar-refractivity contribution in [3.63, 3.8) is 0 Å². The normalized spacial score (nSPS) is 19.6. The van der Waals surface area contributed by atoms with Crippen LogP contribution in [0.25, 0.3) is 6.08 Å². The summed E-state index contributed by atoms with van der Waals surface area (Å²) in [5, 5.41) is 0. The highest BCUT2D eigenvalue weighted by Gasteiger charge is 2.46. The van der Waals surface area contributed by atoms with Gasteiger partial charge in [-0.05, 0) is 23.8 Å². The Balaban J connectivity index is 1.95. The van der Waals surface area contributed by atoms with E-state index in [-0.39, 0.29) is 10.5 Å². The van der Waals surface area contributed by atoms with E-state index in [9.17, 15) is 17.2 Å². The van der Waals surface area contributed by atoms with E-state index in [1.807, 2.05) is 0 Å². The van der Waals surface area contributed by atoms with Crippen LogP contribution in [0.3, 0.4) is 0 Å². The molecule has 6 heteroatoms. The van der Waals surface area contributed by atoms with Crippen LogP contribution >= 0.6 is 0 Å². The lowest BCUT2D eigenvalue weighted by Crippen LogP contribution is -2.36. The van der Waals surface area contributed by atoms with Crippen molar-refractivity contribution in [1.29, 1.82) is 0 Å². The van der Waals surface area contributed by atoms with Crippen LogP contribution in [0.2, 0.25) is 0 Å². The van der Waals surface area contributed by atoms with Crippen molar-refractivity contribution in [3.05, 3.63) is 71.8 Å². The summed E-state index contributed by atoms with van der Waals surface area (Å²) in [7, 11) is -4.26. The summed E-state index contributed by atoms with van der Waals surface area (Å²) < 4.78 is 57.9. The molecule has 3 nitrogen and oxygen atoms in total. The molecule has 22 heavy (non-hydrogen) atoms. The average molecular weight is 322 g/mol. The number of halogens is 2. The molecule has 1 unspecified atom stereocenters. The summed E-state index contributed by atoms with van der Waals surface area (Å²) in [5.74, 6) is -3.42. The summed E-state index contributed by atoms with van der Waals surface area (Å²) in [6.07, 6.45) is 0.647. The second-order valence-corrected chi connectivity index (χ2v) is 6.43. The number of alkyl halides is 2. The van der Waals surface area contributed by atoms with Gasteiger partial charge in [0.1, 0.15) is 0 Å². The third-order valence-electron chi connectivity index (χ3n) is 3.39. The Bertz CT molecular complexity index is 814. The van der Waals surface area contributed by atoms with Crippen molar-refractivity contribution >= 4 is 16.2 Å². The van der Waals surface area contributed by atoms with Crippen LogP contribution in [0.5, 0.6) is 0 Å². The molecule has 114 valence electrons. The highest BCUT2D eigenvalue weighted by atomic mass is 32.2. The Kier molecular flexibility index (Phi) is 3.58. The quantitative estimate of drug-likeness (QED) is 0.811. The second kappa shape index (κ2) is 5.30.